The molecule has 0 aliphatic heterocycles. The Bertz CT molecular complexity index is 753. The standard InChI is InChI=1S/C18H16INO/c1-21-18-11-6-13-4-2-3-5-16(13)17(18)12-20-15-9-7-14(19)8-10-15/h2-11,20H,12H2,1H3. The summed E-state index contributed by atoms with van der Waals surface area (Å²) >= 11 is 2.31. The van der Waals surface area contributed by atoms with Crippen LogP contribution in [0.25, 0.3) is 10.8 Å². The zero-order valence-electron chi connectivity index (χ0n) is 11.8. The molecule has 0 spiro atoms. The van der Waals surface area contributed by atoms with E-state index in [2.05, 4.69) is 82.5 Å². The lowest BCUT2D eigenvalue weighted by Gasteiger charge is -2.14. The molecular formula is C18H16INO. The van der Waals surface area contributed by atoms with E-state index < -0.39 is 0 Å². The van der Waals surface area contributed by atoms with Crippen molar-refractivity contribution in [3.05, 3.63) is 69.8 Å². The summed E-state index contributed by atoms with van der Waals surface area (Å²) in [4.78, 5) is 0. The number of ether oxygens (including phenoxy) is 1. The van der Waals surface area contributed by atoms with Gasteiger partial charge in [0.2, 0.25) is 0 Å². The molecule has 106 valence electrons. The van der Waals surface area contributed by atoms with Crippen molar-refractivity contribution in [2.24, 2.45) is 0 Å². The van der Waals surface area contributed by atoms with Gasteiger partial charge in [0.05, 0.1) is 7.11 Å². The van der Waals surface area contributed by atoms with Crippen LogP contribution in [0.5, 0.6) is 5.75 Å². The molecule has 3 rings (SSSR count). The summed E-state index contributed by atoms with van der Waals surface area (Å²) in [7, 11) is 1.72. The predicted molar refractivity (Wildman–Crippen MR) is 97.0 cm³/mol. The van der Waals surface area contributed by atoms with Crippen molar-refractivity contribution in [2.45, 2.75) is 6.54 Å². The first kappa shape index (κ1) is 14.2. The molecule has 0 fully saturated rings. The van der Waals surface area contributed by atoms with E-state index in [0.717, 1.165) is 18.0 Å². The van der Waals surface area contributed by atoms with Gasteiger partial charge in [-0.05, 0) is 63.7 Å². The van der Waals surface area contributed by atoms with Crippen molar-refractivity contribution >= 4 is 39.1 Å². The number of hydrogen-bond acceptors (Lipinski definition) is 2. The highest BCUT2D eigenvalue weighted by molar-refractivity contribution is 14.1. The van der Waals surface area contributed by atoms with E-state index in [1.54, 1.807) is 7.11 Å². The highest BCUT2D eigenvalue weighted by Crippen LogP contribution is 2.28. The van der Waals surface area contributed by atoms with Crippen LogP contribution in [0.2, 0.25) is 0 Å². The molecule has 0 radical (unpaired) electrons. The molecule has 0 saturated carbocycles. The number of methoxy groups -OCH3 is 1. The summed E-state index contributed by atoms with van der Waals surface area (Å²) in [6.07, 6.45) is 0. The number of benzene rings is 3. The molecule has 0 aliphatic rings. The summed E-state index contributed by atoms with van der Waals surface area (Å²) < 4.78 is 6.76. The average molecular weight is 389 g/mol. The third-order valence-corrected chi connectivity index (χ3v) is 4.25. The van der Waals surface area contributed by atoms with Crippen molar-refractivity contribution in [3.63, 3.8) is 0 Å². The second-order valence-corrected chi connectivity index (χ2v) is 6.07. The number of hydrogen-bond donors (Lipinski definition) is 1. The van der Waals surface area contributed by atoms with E-state index in [-0.39, 0.29) is 0 Å². The highest BCUT2D eigenvalue weighted by Gasteiger charge is 2.07. The van der Waals surface area contributed by atoms with Crippen molar-refractivity contribution in [2.75, 3.05) is 12.4 Å². The van der Waals surface area contributed by atoms with Crippen molar-refractivity contribution in [1.29, 1.82) is 0 Å². The quantitative estimate of drug-likeness (QED) is 0.630. The van der Waals surface area contributed by atoms with Crippen LogP contribution in [-0.2, 0) is 6.54 Å². The maximum absolute atomic E-state index is 5.52. The Labute approximate surface area is 138 Å². The normalized spacial score (nSPS) is 10.6. The smallest absolute Gasteiger partial charge is 0.124 e. The largest absolute Gasteiger partial charge is 0.496 e. The lowest BCUT2D eigenvalue weighted by molar-refractivity contribution is 0.411. The highest BCUT2D eigenvalue weighted by atomic mass is 127. The monoisotopic (exact) mass is 389 g/mol. The van der Waals surface area contributed by atoms with Gasteiger partial charge in [-0.25, -0.2) is 0 Å². The van der Waals surface area contributed by atoms with Crippen molar-refractivity contribution in [1.82, 2.24) is 0 Å². The number of halogens is 1. The van der Waals surface area contributed by atoms with E-state index in [1.807, 2.05) is 6.07 Å². The maximum Gasteiger partial charge on any atom is 0.124 e. The number of fused-ring (bicyclic) bond motifs is 1. The Morgan fingerprint density at radius 3 is 2.48 bits per heavy atom. The second-order valence-electron chi connectivity index (χ2n) is 4.83. The SMILES string of the molecule is COc1ccc2ccccc2c1CNc1ccc(I)cc1. The van der Waals surface area contributed by atoms with Gasteiger partial charge in [0.15, 0.2) is 0 Å². The number of rotatable bonds is 4. The van der Waals surface area contributed by atoms with Gasteiger partial charge in [-0.1, -0.05) is 30.3 Å². The molecule has 0 unspecified atom stereocenters. The molecule has 0 aromatic heterocycles. The van der Waals surface area contributed by atoms with Crippen LogP contribution in [0, 0.1) is 3.57 Å². The predicted octanol–water partition coefficient (Wildman–Crippen LogP) is 5.07. The van der Waals surface area contributed by atoms with Gasteiger partial charge < -0.3 is 10.1 Å². The van der Waals surface area contributed by atoms with E-state index >= 15 is 0 Å². The Balaban J connectivity index is 1.93. The lowest BCUT2D eigenvalue weighted by Crippen LogP contribution is -2.02. The summed E-state index contributed by atoms with van der Waals surface area (Å²) in [5.74, 6) is 0.923. The molecule has 3 heteroatoms. The Kier molecular flexibility index (Phi) is 4.29. The summed E-state index contributed by atoms with van der Waals surface area (Å²) in [5, 5.41) is 5.94. The van der Waals surface area contributed by atoms with Gasteiger partial charge in [0.25, 0.3) is 0 Å². The molecule has 0 atom stereocenters. The minimum absolute atomic E-state index is 0.741. The summed E-state index contributed by atoms with van der Waals surface area (Å²) in [6, 6.07) is 20.9. The molecule has 3 aromatic carbocycles. The average Bonchev–Trinajstić information content (AvgIpc) is 2.54. The fraction of sp³-hybridized carbons (Fsp3) is 0.111. The Morgan fingerprint density at radius 2 is 1.71 bits per heavy atom. The topological polar surface area (TPSA) is 21.3 Å². The van der Waals surface area contributed by atoms with Crippen molar-refractivity contribution < 1.29 is 4.74 Å². The Morgan fingerprint density at radius 1 is 0.952 bits per heavy atom. The Hall–Kier alpha value is -1.75. The van der Waals surface area contributed by atoms with Crippen LogP contribution in [0.3, 0.4) is 0 Å². The minimum atomic E-state index is 0.741. The summed E-state index contributed by atoms with van der Waals surface area (Å²) in [6.45, 7) is 0.741. The third-order valence-electron chi connectivity index (χ3n) is 3.53. The summed E-state index contributed by atoms with van der Waals surface area (Å²) in [5.41, 5.74) is 2.31. The first-order valence-corrected chi connectivity index (χ1v) is 7.90. The lowest BCUT2D eigenvalue weighted by atomic mass is 10.0. The minimum Gasteiger partial charge on any atom is -0.496 e. The number of anilines is 1. The van der Waals surface area contributed by atoms with Crippen LogP contribution in [0.15, 0.2) is 60.7 Å². The van der Waals surface area contributed by atoms with Crippen LogP contribution < -0.4 is 10.1 Å². The molecule has 21 heavy (non-hydrogen) atoms. The van der Waals surface area contributed by atoms with Gasteiger partial charge in [-0.3, -0.25) is 0 Å². The van der Waals surface area contributed by atoms with Crippen LogP contribution in [-0.4, -0.2) is 7.11 Å². The van der Waals surface area contributed by atoms with Gasteiger partial charge in [-0.2, -0.15) is 0 Å². The molecule has 1 N–H and O–H groups in total. The zero-order valence-corrected chi connectivity index (χ0v) is 13.9. The van der Waals surface area contributed by atoms with E-state index in [1.165, 1.54) is 19.9 Å². The first-order valence-electron chi connectivity index (χ1n) is 6.82. The molecule has 0 amide bonds. The van der Waals surface area contributed by atoms with Crippen molar-refractivity contribution in [3.8, 4) is 5.75 Å². The van der Waals surface area contributed by atoms with E-state index in [9.17, 15) is 0 Å². The van der Waals surface area contributed by atoms with Gasteiger partial charge >= 0.3 is 0 Å². The van der Waals surface area contributed by atoms with Crippen LogP contribution in [0.4, 0.5) is 5.69 Å². The fourth-order valence-corrected chi connectivity index (χ4v) is 2.81. The van der Waals surface area contributed by atoms with Gasteiger partial charge in [0, 0.05) is 21.4 Å². The molecule has 0 saturated heterocycles. The third kappa shape index (κ3) is 3.13. The molecule has 3 aromatic rings. The second kappa shape index (κ2) is 6.35. The number of nitrogens with one attached hydrogen (secondary N) is 1. The fourth-order valence-electron chi connectivity index (χ4n) is 2.45. The molecule has 0 aliphatic carbocycles. The van der Waals surface area contributed by atoms with Gasteiger partial charge in [0.1, 0.15) is 5.75 Å². The molecule has 0 bridgehead atoms. The zero-order chi connectivity index (χ0) is 14.7. The van der Waals surface area contributed by atoms with Gasteiger partial charge in [-0.15, -0.1) is 0 Å². The molecular weight excluding hydrogens is 373 g/mol. The molecule has 0 heterocycles. The first-order chi connectivity index (χ1) is 10.3. The maximum atomic E-state index is 5.52. The van der Waals surface area contributed by atoms with E-state index in [0.29, 0.717) is 0 Å². The van der Waals surface area contributed by atoms with Crippen LogP contribution >= 0.6 is 22.6 Å². The molecule has 2 nitrogen and oxygen atoms in total. The van der Waals surface area contributed by atoms with Crippen LogP contribution in [0.1, 0.15) is 5.56 Å². The van der Waals surface area contributed by atoms with E-state index in [4.69, 9.17) is 4.74 Å².